The van der Waals surface area contributed by atoms with E-state index < -0.39 is 0 Å². The van der Waals surface area contributed by atoms with Gasteiger partial charge in [-0.3, -0.25) is 4.98 Å². The zero-order valence-electron chi connectivity index (χ0n) is 12.1. The normalized spacial score (nSPS) is 23.3. The van der Waals surface area contributed by atoms with Crippen LogP contribution in [0.2, 0.25) is 0 Å². The van der Waals surface area contributed by atoms with Crippen LogP contribution in [0.1, 0.15) is 50.9 Å². The summed E-state index contributed by atoms with van der Waals surface area (Å²) in [4.78, 5) is 8.97. The molecule has 2 heterocycles. The highest BCUT2D eigenvalue weighted by Gasteiger charge is 2.28. The van der Waals surface area contributed by atoms with Crippen LogP contribution in [0.5, 0.6) is 0 Å². The van der Waals surface area contributed by atoms with E-state index in [0.29, 0.717) is 11.9 Å². The van der Waals surface area contributed by atoms with Crippen molar-refractivity contribution >= 4 is 22.6 Å². The summed E-state index contributed by atoms with van der Waals surface area (Å²) in [6.07, 6.45) is 11.1. The number of imidazole rings is 1. The van der Waals surface area contributed by atoms with E-state index in [2.05, 4.69) is 22.5 Å². The van der Waals surface area contributed by atoms with Gasteiger partial charge in [-0.05, 0) is 24.8 Å². The Kier molecular flexibility index (Phi) is 4.25. The molecule has 0 saturated heterocycles. The Morgan fingerprint density at radius 3 is 3.00 bits per heavy atom. The first-order valence-corrected chi connectivity index (χ1v) is 8.25. The Morgan fingerprint density at radius 2 is 2.20 bits per heavy atom. The van der Waals surface area contributed by atoms with E-state index in [-0.39, 0.29) is 0 Å². The molecule has 0 radical (unpaired) electrons. The van der Waals surface area contributed by atoms with E-state index in [1.54, 1.807) is 0 Å². The molecule has 0 N–H and O–H groups in total. The molecule has 0 amide bonds. The van der Waals surface area contributed by atoms with Crippen LogP contribution in [0.15, 0.2) is 18.5 Å². The summed E-state index contributed by atoms with van der Waals surface area (Å²) < 4.78 is 2.46. The van der Waals surface area contributed by atoms with Crippen LogP contribution in [0.4, 0.5) is 0 Å². The van der Waals surface area contributed by atoms with Crippen LogP contribution in [0.25, 0.3) is 11.0 Å². The molecule has 4 heteroatoms. The van der Waals surface area contributed by atoms with E-state index in [9.17, 15) is 0 Å². The van der Waals surface area contributed by atoms with Crippen molar-refractivity contribution in [1.82, 2.24) is 14.5 Å². The van der Waals surface area contributed by atoms with Gasteiger partial charge in [0.2, 0.25) is 0 Å². The van der Waals surface area contributed by atoms with Gasteiger partial charge in [0.25, 0.3) is 0 Å². The van der Waals surface area contributed by atoms with Crippen LogP contribution >= 0.6 is 11.6 Å². The molecule has 20 heavy (non-hydrogen) atoms. The van der Waals surface area contributed by atoms with Crippen molar-refractivity contribution in [3.63, 3.8) is 0 Å². The molecule has 2 aromatic heterocycles. The number of rotatable bonds is 4. The van der Waals surface area contributed by atoms with Gasteiger partial charge in [0.1, 0.15) is 11.3 Å². The summed E-state index contributed by atoms with van der Waals surface area (Å²) in [7, 11) is 0. The Balaban J connectivity index is 2.09. The van der Waals surface area contributed by atoms with Crippen molar-refractivity contribution < 1.29 is 0 Å². The summed E-state index contributed by atoms with van der Waals surface area (Å²) in [5, 5.41) is 0. The lowest BCUT2D eigenvalue weighted by atomic mass is 9.82. The number of alkyl halides is 1. The molecule has 1 fully saturated rings. The van der Waals surface area contributed by atoms with Gasteiger partial charge in [-0.15, -0.1) is 11.6 Å². The molecule has 2 atom stereocenters. The number of fused-ring (bicyclic) bond motifs is 1. The molecule has 2 unspecified atom stereocenters. The molecule has 3 rings (SSSR count). The summed E-state index contributed by atoms with van der Waals surface area (Å²) in [5.41, 5.74) is 2.23. The largest absolute Gasteiger partial charge is 0.324 e. The van der Waals surface area contributed by atoms with E-state index in [0.717, 1.165) is 23.7 Å². The molecule has 2 aromatic rings. The van der Waals surface area contributed by atoms with Gasteiger partial charge >= 0.3 is 0 Å². The number of halogens is 1. The van der Waals surface area contributed by atoms with Crippen molar-refractivity contribution in [3.8, 4) is 0 Å². The van der Waals surface area contributed by atoms with Gasteiger partial charge < -0.3 is 4.57 Å². The smallest absolute Gasteiger partial charge is 0.111 e. The van der Waals surface area contributed by atoms with Crippen LogP contribution in [0, 0.1) is 5.92 Å². The van der Waals surface area contributed by atoms with Crippen LogP contribution < -0.4 is 0 Å². The highest BCUT2D eigenvalue weighted by Crippen LogP contribution is 2.38. The Bertz CT molecular complexity index is 578. The van der Waals surface area contributed by atoms with Crippen molar-refractivity contribution in [1.29, 1.82) is 0 Å². The highest BCUT2D eigenvalue weighted by atomic mass is 35.5. The second kappa shape index (κ2) is 6.13. The molecule has 3 nitrogen and oxygen atoms in total. The number of aromatic nitrogens is 3. The maximum Gasteiger partial charge on any atom is 0.111 e. The van der Waals surface area contributed by atoms with Crippen LogP contribution in [0.3, 0.4) is 0 Å². The van der Waals surface area contributed by atoms with Gasteiger partial charge in [0, 0.05) is 24.5 Å². The van der Waals surface area contributed by atoms with E-state index in [4.69, 9.17) is 16.6 Å². The fourth-order valence-electron chi connectivity index (χ4n) is 3.64. The Hall–Kier alpha value is -1.09. The summed E-state index contributed by atoms with van der Waals surface area (Å²) in [6, 6.07) is 2.68. The molecule has 1 saturated carbocycles. The van der Waals surface area contributed by atoms with Crippen molar-refractivity contribution in [2.24, 2.45) is 5.92 Å². The molecule has 0 spiro atoms. The monoisotopic (exact) mass is 291 g/mol. The lowest BCUT2D eigenvalue weighted by Crippen LogP contribution is -2.24. The third-order valence-corrected chi connectivity index (χ3v) is 4.80. The first-order chi connectivity index (χ1) is 9.85. The maximum absolute atomic E-state index is 5.98. The lowest BCUT2D eigenvalue weighted by Gasteiger charge is -2.33. The van der Waals surface area contributed by atoms with Gasteiger partial charge in [-0.25, -0.2) is 4.98 Å². The second-order valence-corrected chi connectivity index (χ2v) is 6.10. The number of hydrogen-bond donors (Lipinski definition) is 0. The van der Waals surface area contributed by atoms with Crippen molar-refractivity contribution in [3.05, 3.63) is 24.3 Å². The predicted molar refractivity (Wildman–Crippen MR) is 83.2 cm³/mol. The summed E-state index contributed by atoms with van der Waals surface area (Å²) in [5.74, 6) is 2.53. The number of nitrogens with zero attached hydrogens (tertiary/aromatic N) is 3. The molecule has 0 aromatic carbocycles. The topological polar surface area (TPSA) is 30.7 Å². The van der Waals surface area contributed by atoms with Crippen molar-refractivity contribution in [2.45, 2.75) is 51.5 Å². The highest BCUT2D eigenvalue weighted by molar-refractivity contribution is 6.17. The minimum absolute atomic E-state index is 0.583. The molecular formula is C16H22ClN3. The van der Waals surface area contributed by atoms with E-state index >= 15 is 0 Å². The number of pyridine rings is 1. The molecular weight excluding hydrogens is 270 g/mol. The number of aryl methyl sites for hydroxylation is 1. The van der Waals surface area contributed by atoms with Gasteiger partial charge in [-0.2, -0.15) is 0 Å². The van der Waals surface area contributed by atoms with Crippen LogP contribution in [-0.4, -0.2) is 20.4 Å². The quantitative estimate of drug-likeness (QED) is 0.784. The Morgan fingerprint density at radius 1 is 1.35 bits per heavy atom. The summed E-state index contributed by atoms with van der Waals surface area (Å²) in [6.45, 7) is 2.31. The molecule has 0 aliphatic heterocycles. The van der Waals surface area contributed by atoms with E-state index in [1.807, 2.05) is 12.4 Å². The standard InChI is InChI=1S/C16H22ClN3/c1-2-12-5-3-4-6-14(12)20-15-8-10-18-11-13(15)19-16(20)7-9-17/h8,10-12,14H,2-7,9H2,1H3. The molecule has 1 aliphatic rings. The minimum atomic E-state index is 0.583. The zero-order valence-corrected chi connectivity index (χ0v) is 12.8. The SMILES string of the molecule is CCC1CCCCC1n1c(CCCl)nc2cnccc21. The number of hydrogen-bond acceptors (Lipinski definition) is 2. The molecule has 1 aliphatic carbocycles. The fourth-order valence-corrected chi connectivity index (χ4v) is 3.80. The Labute approximate surface area is 125 Å². The average molecular weight is 292 g/mol. The van der Waals surface area contributed by atoms with Crippen molar-refractivity contribution in [2.75, 3.05) is 5.88 Å². The third kappa shape index (κ3) is 2.44. The minimum Gasteiger partial charge on any atom is -0.324 e. The molecule has 0 bridgehead atoms. The third-order valence-electron chi connectivity index (χ3n) is 4.61. The zero-order chi connectivity index (χ0) is 13.9. The van der Waals surface area contributed by atoms with Gasteiger partial charge in [-0.1, -0.05) is 26.2 Å². The fraction of sp³-hybridized carbons (Fsp3) is 0.625. The second-order valence-electron chi connectivity index (χ2n) is 5.72. The lowest BCUT2D eigenvalue weighted by molar-refractivity contribution is 0.233. The first kappa shape index (κ1) is 13.9. The molecule has 108 valence electrons. The van der Waals surface area contributed by atoms with Gasteiger partial charge in [0.05, 0.1) is 11.7 Å². The van der Waals surface area contributed by atoms with Crippen LogP contribution in [-0.2, 0) is 6.42 Å². The summed E-state index contributed by atoms with van der Waals surface area (Å²) >= 11 is 5.98. The predicted octanol–water partition coefficient (Wildman–Crippen LogP) is 4.35. The maximum atomic E-state index is 5.98. The average Bonchev–Trinajstić information content (AvgIpc) is 2.85. The van der Waals surface area contributed by atoms with Gasteiger partial charge in [0.15, 0.2) is 0 Å². The van der Waals surface area contributed by atoms with E-state index in [1.165, 1.54) is 37.6 Å². The first-order valence-electron chi connectivity index (χ1n) is 7.72.